The first-order chi connectivity index (χ1) is 13.6. The second-order valence-corrected chi connectivity index (χ2v) is 6.68. The van der Waals surface area contributed by atoms with Crippen LogP contribution in [0.5, 0.6) is 0 Å². The molecule has 9 nitrogen and oxygen atoms in total. The number of hydrogen-bond acceptors (Lipinski definition) is 7. The number of nitrogens with zero attached hydrogens (tertiary/aromatic N) is 4. The highest BCUT2D eigenvalue weighted by Gasteiger charge is 2.27. The highest BCUT2D eigenvalue weighted by molar-refractivity contribution is 5.79. The summed E-state index contributed by atoms with van der Waals surface area (Å²) in [6.07, 6.45) is 3.26. The molecule has 2 aromatic heterocycles. The molecule has 0 bridgehead atoms. The summed E-state index contributed by atoms with van der Waals surface area (Å²) in [4.78, 5) is 24.6. The van der Waals surface area contributed by atoms with Gasteiger partial charge in [-0.1, -0.05) is 12.1 Å². The lowest BCUT2D eigenvalue weighted by Gasteiger charge is -2.30. The van der Waals surface area contributed by atoms with Crippen LogP contribution in [0, 0.1) is 10.1 Å². The fourth-order valence-corrected chi connectivity index (χ4v) is 3.30. The van der Waals surface area contributed by atoms with Gasteiger partial charge in [0.05, 0.1) is 17.6 Å². The first-order valence-electron chi connectivity index (χ1n) is 8.98. The predicted octanol–water partition coefficient (Wildman–Crippen LogP) is 3.19. The van der Waals surface area contributed by atoms with Crippen molar-refractivity contribution in [1.82, 2.24) is 15.1 Å². The zero-order valence-corrected chi connectivity index (χ0v) is 15.0. The van der Waals surface area contributed by atoms with Gasteiger partial charge >= 0.3 is 0 Å². The van der Waals surface area contributed by atoms with Gasteiger partial charge in [0.1, 0.15) is 0 Å². The zero-order chi connectivity index (χ0) is 19.5. The number of furan rings is 1. The summed E-state index contributed by atoms with van der Waals surface area (Å²) in [6.45, 7) is 1.21. The number of non-ortho nitro benzene ring substituents is 1. The molecule has 1 aliphatic heterocycles. The third kappa shape index (κ3) is 3.78. The third-order valence-corrected chi connectivity index (χ3v) is 4.87. The summed E-state index contributed by atoms with van der Waals surface area (Å²) in [6, 6.07) is 9.60. The van der Waals surface area contributed by atoms with Gasteiger partial charge in [0.2, 0.25) is 11.8 Å². The number of carbonyl (C=O) groups excluding carboxylic acids is 1. The van der Waals surface area contributed by atoms with Crippen molar-refractivity contribution in [3.63, 3.8) is 0 Å². The summed E-state index contributed by atoms with van der Waals surface area (Å²) >= 11 is 0. The molecule has 0 spiro atoms. The van der Waals surface area contributed by atoms with Gasteiger partial charge in [-0.25, -0.2) is 0 Å². The van der Waals surface area contributed by atoms with Gasteiger partial charge in [0, 0.05) is 31.1 Å². The Kier molecular flexibility index (Phi) is 4.88. The molecule has 3 aromatic rings. The zero-order valence-electron chi connectivity index (χ0n) is 15.0. The van der Waals surface area contributed by atoms with Crippen LogP contribution in [0.25, 0.3) is 11.7 Å². The number of likely N-dealkylation sites (tertiary alicyclic amines) is 1. The van der Waals surface area contributed by atoms with Crippen molar-refractivity contribution in [3.8, 4) is 11.7 Å². The maximum Gasteiger partial charge on any atom is 0.283 e. The van der Waals surface area contributed by atoms with Crippen LogP contribution in [0.2, 0.25) is 0 Å². The Morgan fingerprint density at radius 2 is 1.93 bits per heavy atom. The van der Waals surface area contributed by atoms with E-state index in [9.17, 15) is 14.9 Å². The number of benzene rings is 1. The molecule has 0 N–H and O–H groups in total. The van der Waals surface area contributed by atoms with Gasteiger partial charge in [-0.3, -0.25) is 14.9 Å². The molecule has 0 radical (unpaired) electrons. The maximum absolute atomic E-state index is 12.5. The molecular weight excluding hydrogens is 364 g/mol. The topological polar surface area (TPSA) is 116 Å². The van der Waals surface area contributed by atoms with Crippen LogP contribution in [-0.4, -0.2) is 39.0 Å². The number of hydrogen-bond donors (Lipinski definition) is 0. The second-order valence-electron chi connectivity index (χ2n) is 6.68. The van der Waals surface area contributed by atoms with E-state index in [1.807, 2.05) is 4.90 Å². The number of nitro groups is 1. The summed E-state index contributed by atoms with van der Waals surface area (Å²) in [5.74, 6) is 1.58. The Morgan fingerprint density at radius 1 is 1.18 bits per heavy atom. The molecular formula is C19H18N4O5. The lowest BCUT2D eigenvalue weighted by atomic mass is 9.96. The molecule has 9 heteroatoms. The Labute approximate surface area is 160 Å². The quantitative estimate of drug-likeness (QED) is 0.491. The van der Waals surface area contributed by atoms with Crippen molar-refractivity contribution in [2.24, 2.45) is 0 Å². The van der Waals surface area contributed by atoms with E-state index in [0.29, 0.717) is 30.6 Å². The number of carbonyl (C=O) groups is 1. The van der Waals surface area contributed by atoms with Crippen molar-refractivity contribution in [2.45, 2.75) is 25.2 Å². The van der Waals surface area contributed by atoms with Gasteiger partial charge in [-0.2, -0.15) is 0 Å². The van der Waals surface area contributed by atoms with E-state index >= 15 is 0 Å². The Hall–Kier alpha value is -3.49. The summed E-state index contributed by atoms with van der Waals surface area (Å²) in [5, 5.41) is 18.9. The summed E-state index contributed by atoms with van der Waals surface area (Å²) in [7, 11) is 0. The fourth-order valence-electron chi connectivity index (χ4n) is 3.30. The van der Waals surface area contributed by atoms with E-state index in [0.717, 1.165) is 18.4 Å². The van der Waals surface area contributed by atoms with E-state index in [-0.39, 0.29) is 23.9 Å². The number of amides is 1. The normalized spacial score (nSPS) is 14.9. The highest BCUT2D eigenvalue weighted by atomic mass is 16.6. The first kappa shape index (κ1) is 17.9. The summed E-state index contributed by atoms with van der Waals surface area (Å²) in [5.41, 5.74) is 0.781. The SMILES string of the molecule is O=C(Cc1ccc([N+](=O)[O-])cc1)N1CCC(c2nnc(-c3ccco3)o2)CC1. The Morgan fingerprint density at radius 3 is 2.57 bits per heavy atom. The minimum atomic E-state index is -0.453. The van der Waals surface area contributed by atoms with Crippen LogP contribution in [0.15, 0.2) is 51.5 Å². The number of aromatic nitrogens is 2. The van der Waals surface area contributed by atoms with Crippen molar-refractivity contribution in [2.75, 3.05) is 13.1 Å². The lowest BCUT2D eigenvalue weighted by molar-refractivity contribution is -0.384. The number of piperidine rings is 1. The van der Waals surface area contributed by atoms with Gasteiger partial charge < -0.3 is 13.7 Å². The molecule has 1 aromatic carbocycles. The second kappa shape index (κ2) is 7.63. The Bertz CT molecular complexity index is 957. The third-order valence-electron chi connectivity index (χ3n) is 4.87. The van der Waals surface area contributed by atoms with Crippen LogP contribution in [0.4, 0.5) is 5.69 Å². The minimum Gasteiger partial charge on any atom is -0.459 e. The molecule has 1 fully saturated rings. The van der Waals surface area contributed by atoms with Gasteiger partial charge in [0.15, 0.2) is 5.76 Å². The lowest BCUT2D eigenvalue weighted by Crippen LogP contribution is -2.38. The van der Waals surface area contributed by atoms with E-state index in [2.05, 4.69) is 10.2 Å². The first-order valence-corrected chi connectivity index (χ1v) is 8.98. The van der Waals surface area contributed by atoms with Crippen molar-refractivity contribution < 1.29 is 18.6 Å². The number of rotatable bonds is 5. The van der Waals surface area contributed by atoms with E-state index < -0.39 is 4.92 Å². The highest BCUT2D eigenvalue weighted by Crippen LogP contribution is 2.29. The van der Waals surface area contributed by atoms with Gasteiger partial charge in [0.25, 0.3) is 11.6 Å². The summed E-state index contributed by atoms with van der Waals surface area (Å²) < 4.78 is 11.0. The molecule has 144 valence electrons. The monoisotopic (exact) mass is 382 g/mol. The van der Waals surface area contributed by atoms with Crippen molar-refractivity contribution >= 4 is 11.6 Å². The molecule has 1 amide bonds. The van der Waals surface area contributed by atoms with Crippen LogP contribution < -0.4 is 0 Å². The van der Waals surface area contributed by atoms with Crippen LogP contribution in [0.1, 0.15) is 30.2 Å². The van der Waals surface area contributed by atoms with Gasteiger partial charge in [-0.15, -0.1) is 10.2 Å². The largest absolute Gasteiger partial charge is 0.459 e. The molecule has 0 unspecified atom stereocenters. The molecule has 1 saturated heterocycles. The molecule has 0 atom stereocenters. The average Bonchev–Trinajstić information content (AvgIpc) is 3.40. The molecule has 28 heavy (non-hydrogen) atoms. The molecule has 1 aliphatic rings. The van der Waals surface area contributed by atoms with Crippen LogP contribution in [-0.2, 0) is 11.2 Å². The predicted molar refractivity (Wildman–Crippen MR) is 97.4 cm³/mol. The number of nitro benzene ring substituents is 1. The van der Waals surface area contributed by atoms with E-state index in [4.69, 9.17) is 8.83 Å². The molecule has 4 rings (SSSR count). The maximum atomic E-state index is 12.5. The minimum absolute atomic E-state index is 0.00843. The van der Waals surface area contributed by atoms with Crippen LogP contribution >= 0.6 is 0 Å². The molecule has 0 aliphatic carbocycles. The average molecular weight is 382 g/mol. The smallest absolute Gasteiger partial charge is 0.283 e. The van der Waals surface area contributed by atoms with Crippen LogP contribution in [0.3, 0.4) is 0 Å². The van der Waals surface area contributed by atoms with Crippen molar-refractivity contribution in [3.05, 3.63) is 64.2 Å². The van der Waals surface area contributed by atoms with E-state index in [1.54, 1.807) is 30.5 Å². The van der Waals surface area contributed by atoms with Crippen molar-refractivity contribution in [1.29, 1.82) is 0 Å². The molecule has 0 saturated carbocycles. The van der Waals surface area contributed by atoms with Gasteiger partial charge in [-0.05, 0) is 30.5 Å². The molecule has 3 heterocycles. The van der Waals surface area contributed by atoms with E-state index in [1.165, 1.54) is 12.1 Å². The standard InChI is InChI=1S/C19H18N4O5/c24-17(12-13-3-5-15(6-4-13)23(25)26)22-9-7-14(8-10-22)18-20-21-19(28-18)16-2-1-11-27-16/h1-6,11,14H,7-10,12H2. The Balaban J connectivity index is 1.32. The fraction of sp³-hybridized carbons (Fsp3) is 0.316.